The molecule has 0 amide bonds. The molecule has 0 saturated carbocycles. The SMILES string of the molecule is Cc1c(CCC(C)F)c(Cl)n2nc(Cl)nc(NCc3ccsn3)c12. The molecule has 1 unspecified atom stereocenters. The van der Waals surface area contributed by atoms with Gasteiger partial charge in [0.2, 0.25) is 5.28 Å². The zero-order valence-electron chi connectivity index (χ0n) is 13.2. The Morgan fingerprint density at radius 2 is 2.21 bits per heavy atom. The number of hydrogen-bond acceptors (Lipinski definition) is 5. The van der Waals surface area contributed by atoms with Crippen LogP contribution in [0.3, 0.4) is 0 Å². The predicted molar refractivity (Wildman–Crippen MR) is 96.1 cm³/mol. The number of rotatable bonds is 6. The van der Waals surface area contributed by atoms with Gasteiger partial charge in [-0.05, 0) is 67.0 Å². The molecule has 128 valence electrons. The van der Waals surface area contributed by atoms with Crippen molar-refractivity contribution in [3.05, 3.63) is 38.7 Å². The van der Waals surface area contributed by atoms with Crippen LogP contribution < -0.4 is 5.32 Å². The number of aromatic nitrogens is 4. The van der Waals surface area contributed by atoms with Gasteiger partial charge < -0.3 is 5.32 Å². The van der Waals surface area contributed by atoms with Gasteiger partial charge in [-0.2, -0.15) is 9.36 Å². The van der Waals surface area contributed by atoms with Crippen molar-refractivity contribution in [1.29, 1.82) is 0 Å². The first-order valence-electron chi connectivity index (χ1n) is 7.47. The minimum Gasteiger partial charge on any atom is -0.362 e. The van der Waals surface area contributed by atoms with Crippen LogP contribution in [0.25, 0.3) is 5.52 Å². The van der Waals surface area contributed by atoms with E-state index in [0.717, 1.165) is 22.3 Å². The molecular weight excluding hydrogens is 372 g/mol. The zero-order valence-corrected chi connectivity index (χ0v) is 15.5. The number of aryl methyl sites for hydroxylation is 1. The van der Waals surface area contributed by atoms with Crippen molar-refractivity contribution < 1.29 is 4.39 Å². The van der Waals surface area contributed by atoms with Gasteiger partial charge in [0.1, 0.15) is 10.7 Å². The van der Waals surface area contributed by atoms with Gasteiger partial charge in [0.15, 0.2) is 5.82 Å². The second-order valence-corrected chi connectivity index (χ2v) is 6.91. The van der Waals surface area contributed by atoms with Gasteiger partial charge in [0.05, 0.1) is 18.4 Å². The van der Waals surface area contributed by atoms with Crippen molar-refractivity contribution >= 4 is 46.1 Å². The highest BCUT2D eigenvalue weighted by atomic mass is 35.5. The Kier molecular flexibility index (Phi) is 5.22. The van der Waals surface area contributed by atoms with Crippen molar-refractivity contribution in [3.8, 4) is 0 Å². The normalized spacial score (nSPS) is 12.7. The minimum atomic E-state index is -0.889. The Labute approximate surface area is 153 Å². The summed E-state index contributed by atoms with van der Waals surface area (Å²) in [5.41, 5.74) is 3.46. The molecule has 5 nitrogen and oxygen atoms in total. The van der Waals surface area contributed by atoms with E-state index < -0.39 is 6.17 Å². The van der Waals surface area contributed by atoms with Gasteiger partial charge in [-0.3, -0.25) is 0 Å². The third-order valence-electron chi connectivity index (χ3n) is 3.79. The third kappa shape index (κ3) is 3.48. The number of hydrogen-bond donors (Lipinski definition) is 1. The van der Waals surface area contributed by atoms with Crippen molar-refractivity contribution in [3.63, 3.8) is 0 Å². The average Bonchev–Trinajstić information content (AvgIpc) is 3.12. The lowest BCUT2D eigenvalue weighted by Crippen LogP contribution is -2.06. The van der Waals surface area contributed by atoms with Crippen molar-refractivity contribution in [2.24, 2.45) is 0 Å². The van der Waals surface area contributed by atoms with Crippen LogP contribution in [0, 0.1) is 6.92 Å². The number of alkyl halides is 1. The fourth-order valence-electron chi connectivity index (χ4n) is 2.56. The molecule has 3 aromatic rings. The average molecular weight is 388 g/mol. The van der Waals surface area contributed by atoms with E-state index in [1.807, 2.05) is 18.4 Å². The maximum absolute atomic E-state index is 13.2. The minimum absolute atomic E-state index is 0.0885. The highest BCUT2D eigenvalue weighted by Gasteiger charge is 2.20. The Morgan fingerprint density at radius 3 is 2.88 bits per heavy atom. The molecule has 3 aromatic heterocycles. The largest absolute Gasteiger partial charge is 0.362 e. The van der Waals surface area contributed by atoms with E-state index in [9.17, 15) is 4.39 Å². The van der Waals surface area contributed by atoms with Crippen molar-refractivity contribution in [2.75, 3.05) is 5.32 Å². The number of nitrogens with one attached hydrogen (secondary N) is 1. The van der Waals surface area contributed by atoms with Crippen LogP contribution in [0.2, 0.25) is 10.4 Å². The van der Waals surface area contributed by atoms with E-state index >= 15 is 0 Å². The lowest BCUT2D eigenvalue weighted by molar-refractivity contribution is 0.341. The highest BCUT2D eigenvalue weighted by Crippen LogP contribution is 2.32. The van der Waals surface area contributed by atoms with E-state index in [1.165, 1.54) is 18.5 Å². The molecule has 0 aliphatic rings. The van der Waals surface area contributed by atoms with Gasteiger partial charge in [-0.25, -0.2) is 8.91 Å². The van der Waals surface area contributed by atoms with Gasteiger partial charge in [0.25, 0.3) is 0 Å². The van der Waals surface area contributed by atoms with E-state index in [-0.39, 0.29) is 5.28 Å². The second-order valence-electron chi connectivity index (χ2n) is 5.55. The number of fused-ring (bicyclic) bond motifs is 1. The summed E-state index contributed by atoms with van der Waals surface area (Å²) >= 11 is 13.9. The summed E-state index contributed by atoms with van der Waals surface area (Å²) in [7, 11) is 0. The van der Waals surface area contributed by atoms with Crippen LogP contribution in [0.4, 0.5) is 10.2 Å². The fraction of sp³-hybridized carbons (Fsp3) is 0.400. The topological polar surface area (TPSA) is 55.1 Å². The first-order valence-corrected chi connectivity index (χ1v) is 9.07. The lowest BCUT2D eigenvalue weighted by atomic mass is 10.1. The summed E-state index contributed by atoms with van der Waals surface area (Å²) in [4.78, 5) is 4.28. The Balaban J connectivity index is 2.00. The van der Waals surface area contributed by atoms with E-state index in [4.69, 9.17) is 23.2 Å². The predicted octanol–water partition coefficient (Wildman–Crippen LogP) is 4.70. The summed E-state index contributed by atoms with van der Waals surface area (Å²) in [5.74, 6) is 0.585. The van der Waals surface area contributed by atoms with Crippen LogP contribution >= 0.6 is 34.7 Å². The van der Waals surface area contributed by atoms with Gasteiger partial charge in [-0.1, -0.05) is 11.6 Å². The van der Waals surface area contributed by atoms with Crippen molar-refractivity contribution in [1.82, 2.24) is 19.0 Å². The van der Waals surface area contributed by atoms with Crippen LogP contribution in [0.5, 0.6) is 0 Å². The van der Waals surface area contributed by atoms with Gasteiger partial charge in [-0.15, -0.1) is 5.10 Å². The third-order valence-corrected chi connectivity index (χ3v) is 4.93. The summed E-state index contributed by atoms with van der Waals surface area (Å²) in [6.07, 6.45) is 0.0510. The molecule has 0 aliphatic carbocycles. The maximum atomic E-state index is 13.2. The van der Waals surface area contributed by atoms with Crippen LogP contribution in [-0.4, -0.2) is 25.1 Å². The Bertz CT molecular complexity index is 848. The molecule has 0 radical (unpaired) electrons. The quantitative estimate of drug-likeness (QED) is 0.665. The summed E-state index contributed by atoms with van der Waals surface area (Å²) in [6, 6.07) is 1.93. The zero-order chi connectivity index (χ0) is 17.3. The molecule has 3 rings (SSSR count). The molecule has 0 aromatic carbocycles. The monoisotopic (exact) mass is 387 g/mol. The van der Waals surface area contributed by atoms with E-state index in [1.54, 1.807) is 4.52 Å². The molecule has 9 heteroatoms. The van der Waals surface area contributed by atoms with E-state index in [2.05, 4.69) is 19.8 Å². The summed E-state index contributed by atoms with van der Waals surface area (Å²) in [6.45, 7) is 3.99. The molecular formula is C15H16Cl2FN5S. The molecule has 24 heavy (non-hydrogen) atoms. The number of nitrogens with zero attached hydrogens (tertiary/aromatic N) is 4. The number of anilines is 1. The van der Waals surface area contributed by atoms with Gasteiger partial charge in [0, 0.05) is 5.38 Å². The fourth-order valence-corrected chi connectivity index (χ4v) is 3.62. The standard InChI is InChI=1S/C15H16Cl2FN5S/c1-8(18)3-4-11-9(2)12-14(19-7-10-5-6-24-22-10)20-15(17)21-23(12)13(11)16/h5-6,8H,3-4,7H2,1-2H3,(H,19,20,21). The molecule has 0 aliphatic heterocycles. The lowest BCUT2D eigenvalue weighted by Gasteiger charge is -2.07. The van der Waals surface area contributed by atoms with Crippen molar-refractivity contribution in [2.45, 2.75) is 39.4 Å². The summed E-state index contributed by atoms with van der Waals surface area (Å²) < 4.78 is 19.0. The molecule has 0 fully saturated rings. The first-order chi connectivity index (χ1) is 11.5. The van der Waals surface area contributed by atoms with Crippen LogP contribution in [0.1, 0.15) is 30.2 Å². The first kappa shape index (κ1) is 17.4. The van der Waals surface area contributed by atoms with Crippen LogP contribution in [0.15, 0.2) is 11.4 Å². The Hall–Kier alpha value is -1.44. The highest BCUT2D eigenvalue weighted by molar-refractivity contribution is 7.03. The van der Waals surface area contributed by atoms with Gasteiger partial charge >= 0.3 is 0 Å². The molecule has 0 bridgehead atoms. The summed E-state index contributed by atoms with van der Waals surface area (Å²) in [5, 5.41) is 9.86. The molecule has 1 atom stereocenters. The molecule has 3 heterocycles. The molecule has 1 N–H and O–H groups in total. The smallest absolute Gasteiger partial charge is 0.243 e. The van der Waals surface area contributed by atoms with E-state index in [0.29, 0.717) is 30.4 Å². The molecule has 0 spiro atoms. The Morgan fingerprint density at radius 1 is 1.42 bits per heavy atom. The molecule has 0 saturated heterocycles. The second kappa shape index (κ2) is 7.21. The van der Waals surface area contributed by atoms with Crippen LogP contribution in [-0.2, 0) is 13.0 Å². The number of halogens is 3. The maximum Gasteiger partial charge on any atom is 0.243 e.